The molecule has 6 nitrogen and oxygen atoms in total. The van der Waals surface area contributed by atoms with Gasteiger partial charge in [-0.2, -0.15) is 0 Å². The lowest BCUT2D eigenvalue weighted by molar-refractivity contribution is 0.347. The van der Waals surface area contributed by atoms with E-state index in [2.05, 4.69) is 169 Å². The molecule has 0 radical (unpaired) electrons. The fourth-order valence-corrected chi connectivity index (χ4v) is 9.01. The average Bonchev–Trinajstić information content (AvgIpc) is 3.37. The van der Waals surface area contributed by atoms with Gasteiger partial charge >= 0.3 is 0 Å². The van der Waals surface area contributed by atoms with Crippen molar-refractivity contribution in [2.75, 3.05) is 11.5 Å². The topological polar surface area (TPSA) is 60.4 Å². The van der Waals surface area contributed by atoms with E-state index in [0.717, 1.165) is 78.8 Å². The molecule has 306 valence electrons. The maximum atomic E-state index is 6.85. The fourth-order valence-electron chi connectivity index (χ4n) is 9.01. The summed E-state index contributed by atoms with van der Waals surface area (Å²) in [7, 11) is 0. The highest BCUT2D eigenvalue weighted by atomic mass is 16.5. The Hall–Kier alpha value is -8.35. The number of ether oxygens (including phenoxy) is 2. The summed E-state index contributed by atoms with van der Waals surface area (Å²) in [6.07, 6.45) is 9.12. The first-order valence-corrected chi connectivity index (χ1v) is 21.6. The Kier molecular flexibility index (Phi) is 10.1. The first kappa shape index (κ1) is 38.6. The second kappa shape index (κ2) is 16.8. The molecule has 0 fully saturated rings. The number of aromatic nitrogens is 3. The summed E-state index contributed by atoms with van der Waals surface area (Å²) in [6.45, 7) is 0.411. The molecule has 3 heterocycles. The summed E-state index contributed by atoms with van der Waals surface area (Å²) in [5.74, 6) is 4.13. The van der Waals surface area contributed by atoms with E-state index in [1.807, 2.05) is 66.7 Å². The van der Waals surface area contributed by atoms with E-state index in [1.54, 1.807) is 0 Å². The second-order valence-electron chi connectivity index (χ2n) is 15.9. The Morgan fingerprint density at radius 2 is 0.906 bits per heavy atom. The van der Waals surface area contributed by atoms with Crippen LogP contribution in [0.4, 0.5) is 17.1 Å². The minimum absolute atomic E-state index is 0.411. The first-order chi connectivity index (χ1) is 31.7. The number of benzene rings is 8. The molecule has 9 aromatic rings. The minimum Gasteiger partial charge on any atom is -0.489 e. The number of rotatable bonds is 7. The van der Waals surface area contributed by atoms with Gasteiger partial charge in [0.25, 0.3) is 0 Å². The lowest BCUT2D eigenvalue weighted by atomic mass is 9.65. The maximum Gasteiger partial charge on any atom is 0.164 e. The molecule has 0 bridgehead atoms. The van der Waals surface area contributed by atoms with Crippen molar-refractivity contribution in [1.29, 1.82) is 0 Å². The molecule has 1 spiro atoms. The molecule has 6 heteroatoms. The third-order valence-corrected chi connectivity index (χ3v) is 12.0. The highest BCUT2D eigenvalue weighted by molar-refractivity contribution is 5.82. The van der Waals surface area contributed by atoms with Crippen molar-refractivity contribution >= 4 is 17.1 Å². The minimum atomic E-state index is -0.779. The summed E-state index contributed by atoms with van der Waals surface area (Å²) >= 11 is 0. The molecule has 1 atom stereocenters. The third kappa shape index (κ3) is 7.21. The molecular formula is C58H42N4O2. The zero-order valence-corrected chi connectivity index (χ0v) is 35.0. The van der Waals surface area contributed by atoms with Gasteiger partial charge in [-0.3, -0.25) is 0 Å². The van der Waals surface area contributed by atoms with Gasteiger partial charge in [0.15, 0.2) is 17.5 Å². The van der Waals surface area contributed by atoms with Gasteiger partial charge < -0.3 is 14.4 Å². The van der Waals surface area contributed by atoms with Crippen LogP contribution in [-0.4, -0.2) is 21.6 Å². The highest BCUT2D eigenvalue weighted by Gasteiger charge is 2.45. The molecular weight excluding hydrogens is 785 g/mol. The number of nitrogens with zero attached hydrogens (tertiary/aromatic N) is 4. The number of para-hydroxylation sites is 2. The van der Waals surface area contributed by atoms with Gasteiger partial charge in [0.1, 0.15) is 23.9 Å². The summed E-state index contributed by atoms with van der Waals surface area (Å²) < 4.78 is 13.6. The Morgan fingerprint density at radius 1 is 0.375 bits per heavy atom. The molecule has 1 unspecified atom stereocenters. The van der Waals surface area contributed by atoms with Crippen molar-refractivity contribution in [3.05, 3.63) is 247 Å². The van der Waals surface area contributed by atoms with Crippen LogP contribution in [0.5, 0.6) is 17.2 Å². The van der Waals surface area contributed by atoms with Gasteiger partial charge in [0, 0.05) is 50.4 Å². The number of allylic oxidation sites excluding steroid dienone is 3. The van der Waals surface area contributed by atoms with Gasteiger partial charge in [-0.1, -0.05) is 158 Å². The largest absolute Gasteiger partial charge is 0.489 e. The Bertz CT molecular complexity index is 3110. The summed E-state index contributed by atoms with van der Waals surface area (Å²) in [5, 5.41) is 0. The van der Waals surface area contributed by atoms with Crippen molar-refractivity contribution in [1.82, 2.24) is 15.0 Å². The fraction of sp³-hybridized carbons (Fsp3) is 0.0517. The molecule has 0 saturated carbocycles. The molecule has 64 heavy (non-hydrogen) atoms. The van der Waals surface area contributed by atoms with E-state index in [9.17, 15) is 0 Å². The van der Waals surface area contributed by atoms with Gasteiger partial charge in [-0.05, 0) is 90.4 Å². The Morgan fingerprint density at radius 3 is 1.62 bits per heavy atom. The smallest absolute Gasteiger partial charge is 0.164 e. The van der Waals surface area contributed by atoms with E-state index < -0.39 is 5.41 Å². The summed E-state index contributed by atoms with van der Waals surface area (Å²) in [6, 6.07) is 71.4. The van der Waals surface area contributed by atoms with Crippen LogP contribution in [0.1, 0.15) is 23.1 Å². The molecule has 2 aliphatic rings. The molecule has 2 aliphatic heterocycles. The van der Waals surface area contributed by atoms with Crippen molar-refractivity contribution in [2.24, 2.45) is 0 Å². The van der Waals surface area contributed by atoms with Gasteiger partial charge in [0.05, 0.1) is 5.41 Å². The zero-order valence-electron chi connectivity index (χ0n) is 35.0. The zero-order chi connectivity index (χ0) is 42.7. The van der Waals surface area contributed by atoms with Gasteiger partial charge in [-0.15, -0.1) is 0 Å². The summed E-state index contributed by atoms with van der Waals surface area (Å²) in [4.78, 5) is 17.6. The molecule has 0 aliphatic carbocycles. The molecule has 8 aromatic carbocycles. The van der Waals surface area contributed by atoms with Crippen molar-refractivity contribution < 1.29 is 9.47 Å². The van der Waals surface area contributed by atoms with Crippen molar-refractivity contribution in [2.45, 2.75) is 11.8 Å². The van der Waals surface area contributed by atoms with Crippen LogP contribution < -0.4 is 14.4 Å². The predicted molar refractivity (Wildman–Crippen MR) is 257 cm³/mol. The quantitative estimate of drug-likeness (QED) is 0.159. The van der Waals surface area contributed by atoms with Crippen LogP contribution in [0.3, 0.4) is 0 Å². The molecule has 11 rings (SSSR count). The second-order valence-corrected chi connectivity index (χ2v) is 15.9. The third-order valence-electron chi connectivity index (χ3n) is 12.0. The maximum absolute atomic E-state index is 6.85. The van der Waals surface area contributed by atoms with Crippen LogP contribution in [-0.2, 0) is 5.41 Å². The molecule has 0 amide bonds. The lowest BCUT2D eigenvalue weighted by Crippen LogP contribution is -2.33. The van der Waals surface area contributed by atoms with Crippen molar-refractivity contribution in [3.8, 4) is 62.5 Å². The first-order valence-electron chi connectivity index (χ1n) is 21.6. The number of fused-ring (bicyclic) bond motifs is 6. The number of hydrogen-bond acceptors (Lipinski definition) is 6. The number of anilines is 3. The SMILES string of the molecule is C1=CCOc2ccc(N(c3ccccc3)c3cccc(-c4ccccc4)c3)cc2C2(CC=C1)c1ccccc1Oc1ccc(-c3nc(-c4ccccc4)nc(-c4ccccc4)n3)cc12. The number of hydrogen-bond donors (Lipinski definition) is 0. The van der Waals surface area contributed by atoms with Gasteiger partial charge in [0.2, 0.25) is 0 Å². The van der Waals surface area contributed by atoms with E-state index in [0.29, 0.717) is 30.5 Å². The van der Waals surface area contributed by atoms with E-state index >= 15 is 0 Å². The van der Waals surface area contributed by atoms with Crippen LogP contribution in [0.2, 0.25) is 0 Å². The standard InChI is InChI=1S/C58H42N4O2/c1-2-18-37-63-52-35-33-48(62(46-27-13-6-14-28-46)47-29-19-26-44(38-47)41-20-7-3-8-21-41)40-51(52)58(36-17-1)49-30-15-16-31-53(49)64-54-34-32-45(39-50(54)58)57-60-55(42-22-9-4-10-23-42)59-56(61-57)43-24-11-5-12-25-43/h1-35,38-40H,36-37H2. The normalized spacial score (nSPS) is 14.9. The van der Waals surface area contributed by atoms with Crippen LogP contribution in [0, 0.1) is 0 Å². The van der Waals surface area contributed by atoms with Crippen molar-refractivity contribution in [3.63, 3.8) is 0 Å². The van der Waals surface area contributed by atoms with E-state index in [-0.39, 0.29) is 0 Å². The molecule has 0 N–H and O–H groups in total. The van der Waals surface area contributed by atoms with E-state index in [1.165, 1.54) is 0 Å². The van der Waals surface area contributed by atoms with Crippen LogP contribution in [0.15, 0.2) is 231 Å². The molecule has 1 aromatic heterocycles. The monoisotopic (exact) mass is 826 g/mol. The van der Waals surface area contributed by atoms with Crippen LogP contribution in [0.25, 0.3) is 45.3 Å². The predicted octanol–water partition coefficient (Wildman–Crippen LogP) is 14.3. The highest BCUT2D eigenvalue weighted by Crippen LogP contribution is 2.57. The van der Waals surface area contributed by atoms with E-state index in [4.69, 9.17) is 24.4 Å². The average molecular weight is 827 g/mol. The van der Waals surface area contributed by atoms with Crippen LogP contribution >= 0.6 is 0 Å². The molecule has 0 saturated heterocycles. The Labute approximate surface area is 373 Å². The summed E-state index contributed by atoms with van der Waals surface area (Å²) in [5.41, 5.74) is 10.3. The Balaban J connectivity index is 1.15. The van der Waals surface area contributed by atoms with Gasteiger partial charge in [-0.25, -0.2) is 15.0 Å². The lowest BCUT2D eigenvalue weighted by Gasteiger charge is -2.42.